The van der Waals surface area contributed by atoms with Gasteiger partial charge in [0.15, 0.2) is 0 Å². The monoisotopic (exact) mass is 312 g/mol. The van der Waals surface area contributed by atoms with E-state index in [9.17, 15) is 0 Å². The molecule has 1 rings (SSSR count). The van der Waals surface area contributed by atoms with Crippen LogP contribution in [0.1, 0.15) is 45.4 Å². The minimum atomic E-state index is 0.653. The maximum Gasteiger partial charge on any atom is 0.119 e. The van der Waals surface area contributed by atoms with Crippen molar-refractivity contribution in [3.63, 3.8) is 0 Å². The van der Waals surface area contributed by atoms with E-state index in [0.29, 0.717) is 6.61 Å². The number of nitrogens with zero attached hydrogens (tertiary/aromatic N) is 2. The fourth-order valence-corrected chi connectivity index (χ4v) is 1.96. The Morgan fingerprint density at radius 2 is 1.78 bits per heavy atom. The molecule has 0 N–H and O–H groups in total. The molecule has 100 valence electrons. The van der Waals surface area contributed by atoms with Crippen LogP contribution in [0.3, 0.4) is 0 Å². The number of hydrogen-bond donors (Lipinski definition) is 0. The highest BCUT2D eigenvalue weighted by Crippen LogP contribution is 2.24. The van der Waals surface area contributed by atoms with Gasteiger partial charge in [0.2, 0.25) is 0 Å². The maximum absolute atomic E-state index is 5.14. The Morgan fingerprint density at radius 3 is 2.56 bits per heavy atom. The first-order valence-corrected chi connectivity index (χ1v) is 7.41. The average molecular weight is 313 g/mol. The molecule has 0 saturated heterocycles. The van der Waals surface area contributed by atoms with Crippen LogP contribution in [0.15, 0.2) is 39.1 Å². The third kappa shape index (κ3) is 6.74. The van der Waals surface area contributed by atoms with Crippen LogP contribution in [-0.4, -0.2) is 6.61 Å². The van der Waals surface area contributed by atoms with Crippen LogP contribution in [0.2, 0.25) is 0 Å². The SMILES string of the molecule is CCCCCCCCON=Nc1ccccc1Br. The van der Waals surface area contributed by atoms with Crippen molar-refractivity contribution in [1.82, 2.24) is 0 Å². The molecule has 0 atom stereocenters. The van der Waals surface area contributed by atoms with E-state index in [1.807, 2.05) is 24.3 Å². The molecule has 0 unspecified atom stereocenters. The van der Waals surface area contributed by atoms with E-state index in [0.717, 1.165) is 16.6 Å². The van der Waals surface area contributed by atoms with E-state index in [2.05, 4.69) is 33.2 Å². The van der Waals surface area contributed by atoms with Gasteiger partial charge in [0.25, 0.3) is 0 Å². The molecule has 0 saturated carbocycles. The standard InChI is InChI=1S/C14H21BrN2O/c1-2-3-4-5-6-9-12-18-17-16-14-11-8-7-10-13(14)15/h7-8,10-11H,2-6,9,12H2,1H3. The van der Waals surface area contributed by atoms with Crippen molar-refractivity contribution in [3.05, 3.63) is 28.7 Å². The summed E-state index contributed by atoms with van der Waals surface area (Å²) in [6.45, 7) is 2.88. The summed E-state index contributed by atoms with van der Waals surface area (Å²) in [7, 11) is 0. The molecular weight excluding hydrogens is 292 g/mol. The second-order valence-electron chi connectivity index (χ2n) is 4.23. The molecule has 0 aliphatic rings. The molecule has 0 spiro atoms. The van der Waals surface area contributed by atoms with Crippen LogP contribution in [0.4, 0.5) is 5.69 Å². The van der Waals surface area contributed by atoms with Crippen LogP contribution >= 0.6 is 15.9 Å². The highest BCUT2D eigenvalue weighted by Gasteiger charge is 1.95. The Balaban J connectivity index is 2.06. The van der Waals surface area contributed by atoms with E-state index in [1.54, 1.807) is 0 Å². The lowest BCUT2D eigenvalue weighted by Crippen LogP contribution is -1.87. The van der Waals surface area contributed by atoms with Gasteiger partial charge in [-0.25, -0.2) is 0 Å². The van der Waals surface area contributed by atoms with E-state index < -0.39 is 0 Å². The van der Waals surface area contributed by atoms with Crippen molar-refractivity contribution in [2.45, 2.75) is 45.4 Å². The second-order valence-corrected chi connectivity index (χ2v) is 5.09. The van der Waals surface area contributed by atoms with Crippen molar-refractivity contribution in [2.75, 3.05) is 6.61 Å². The molecule has 1 aromatic carbocycles. The molecule has 1 aromatic rings. The Hall–Kier alpha value is -0.900. The topological polar surface area (TPSA) is 34.0 Å². The lowest BCUT2D eigenvalue weighted by Gasteiger charge is -1.99. The molecule has 18 heavy (non-hydrogen) atoms. The number of unbranched alkanes of at least 4 members (excludes halogenated alkanes) is 5. The fourth-order valence-electron chi connectivity index (χ4n) is 1.59. The van der Waals surface area contributed by atoms with Gasteiger partial charge < -0.3 is 4.84 Å². The largest absolute Gasteiger partial charge is 0.379 e. The summed E-state index contributed by atoms with van der Waals surface area (Å²) < 4.78 is 0.928. The van der Waals surface area contributed by atoms with Gasteiger partial charge in [-0.05, 0) is 40.9 Å². The van der Waals surface area contributed by atoms with Gasteiger partial charge in [-0.15, -0.1) is 5.11 Å². The van der Waals surface area contributed by atoms with Gasteiger partial charge >= 0.3 is 0 Å². The quantitative estimate of drug-likeness (QED) is 0.321. The molecule has 0 aromatic heterocycles. The van der Waals surface area contributed by atoms with Crippen molar-refractivity contribution >= 4 is 21.6 Å². The van der Waals surface area contributed by atoms with Gasteiger partial charge in [-0.1, -0.05) is 44.7 Å². The van der Waals surface area contributed by atoms with Gasteiger partial charge in [-0.3, -0.25) is 0 Å². The third-order valence-corrected chi connectivity index (χ3v) is 3.32. The fraction of sp³-hybridized carbons (Fsp3) is 0.571. The smallest absolute Gasteiger partial charge is 0.119 e. The first kappa shape index (κ1) is 15.2. The molecule has 0 heterocycles. The predicted octanol–water partition coefficient (Wildman–Crippen LogP) is 5.82. The first-order valence-electron chi connectivity index (χ1n) is 6.62. The number of hydrogen-bond acceptors (Lipinski definition) is 3. The number of halogens is 1. The summed E-state index contributed by atoms with van der Waals surface area (Å²) in [5.41, 5.74) is 0.792. The van der Waals surface area contributed by atoms with Gasteiger partial charge in [0.1, 0.15) is 12.3 Å². The third-order valence-electron chi connectivity index (χ3n) is 2.65. The first-order chi connectivity index (χ1) is 8.84. The predicted molar refractivity (Wildman–Crippen MR) is 78.0 cm³/mol. The van der Waals surface area contributed by atoms with Crippen molar-refractivity contribution in [3.8, 4) is 0 Å². The lowest BCUT2D eigenvalue weighted by molar-refractivity contribution is 0.121. The minimum Gasteiger partial charge on any atom is -0.379 e. The summed E-state index contributed by atoms with van der Waals surface area (Å²) in [5, 5.41) is 7.74. The number of rotatable bonds is 9. The summed E-state index contributed by atoms with van der Waals surface area (Å²) in [6.07, 6.45) is 7.51. The molecule has 3 nitrogen and oxygen atoms in total. The zero-order chi connectivity index (χ0) is 13.1. The summed E-state index contributed by atoms with van der Waals surface area (Å²) >= 11 is 3.41. The van der Waals surface area contributed by atoms with E-state index in [1.165, 1.54) is 32.1 Å². The Labute approximate surface area is 118 Å². The van der Waals surface area contributed by atoms with E-state index in [-0.39, 0.29) is 0 Å². The van der Waals surface area contributed by atoms with E-state index in [4.69, 9.17) is 4.84 Å². The molecular formula is C14H21BrN2O. The van der Waals surface area contributed by atoms with Crippen LogP contribution in [0, 0.1) is 0 Å². The summed E-state index contributed by atoms with van der Waals surface area (Å²) in [5.74, 6) is 0. The van der Waals surface area contributed by atoms with Crippen LogP contribution in [0.5, 0.6) is 0 Å². The Bertz CT molecular complexity index is 355. The van der Waals surface area contributed by atoms with Gasteiger partial charge in [-0.2, -0.15) is 0 Å². The molecule has 0 radical (unpaired) electrons. The molecule has 0 aliphatic carbocycles. The zero-order valence-corrected chi connectivity index (χ0v) is 12.5. The van der Waals surface area contributed by atoms with Crippen LogP contribution in [-0.2, 0) is 4.84 Å². The second kappa shape index (κ2) is 10.1. The minimum absolute atomic E-state index is 0.653. The van der Waals surface area contributed by atoms with Crippen molar-refractivity contribution in [1.29, 1.82) is 0 Å². The summed E-state index contributed by atoms with van der Waals surface area (Å²) in [6, 6.07) is 7.69. The maximum atomic E-state index is 5.14. The van der Waals surface area contributed by atoms with Crippen LogP contribution in [0.25, 0.3) is 0 Å². The van der Waals surface area contributed by atoms with Gasteiger partial charge in [0.05, 0.1) is 0 Å². The highest BCUT2D eigenvalue weighted by atomic mass is 79.9. The molecule has 0 amide bonds. The molecule has 4 heteroatoms. The molecule has 0 fully saturated rings. The molecule has 0 aliphatic heterocycles. The Kier molecular flexibility index (Phi) is 8.47. The normalized spacial score (nSPS) is 11.0. The van der Waals surface area contributed by atoms with Crippen molar-refractivity contribution < 1.29 is 4.84 Å². The lowest BCUT2D eigenvalue weighted by atomic mass is 10.1. The number of benzene rings is 1. The Morgan fingerprint density at radius 1 is 1.06 bits per heavy atom. The van der Waals surface area contributed by atoms with Crippen molar-refractivity contribution in [2.24, 2.45) is 10.4 Å². The average Bonchev–Trinajstić information content (AvgIpc) is 2.39. The van der Waals surface area contributed by atoms with Gasteiger partial charge in [0, 0.05) is 9.75 Å². The summed E-state index contributed by atoms with van der Waals surface area (Å²) in [4.78, 5) is 5.14. The highest BCUT2D eigenvalue weighted by molar-refractivity contribution is 9.10. The van der Waals surface area contributed by atoms with Crippen LogP contribution < -0.4 is 0 Å². The van der Waals surface area contributed by atoms with E-state index >= 15 is 0 Å². The molecule has 0 bridgehead atoms. The zero-order valence-electron chi connectivity index (χ0n) is 10.9.